The molecule has 29 heavy (non-hydrogen) atoms. The number of rotatable bonds is 7. The number of likely N-dealkylation sites (N-methyl/N-ethyl adjacent to an activating group) is 1. The molecule has 2 aliphatic heterocycles. The van der Waals surface area contributed by atoms with E-state index >= 15 is 0 Å². The van der Waals surface area contributed by atoms with Gasteiger partial charge in [-0.1, -0.05) is 24.6 Å². The predicted molar refractivity (Wildman–Crippen MR) is 118 cm³/mol. The molecule has 0 aliphatic carbocycles. The van der Waals surface area contributed by atoms with E-state index in [2.05, 4.69) is 59.7 Å². The van der Waals surface area contributed by atoms with Crippen molar-refractivity contribution in [3.05, 3.63) is 59.2 Å². The number of hydrogen-bond acceptors (Lipinski definition) is 4. The number of methoxy groups -OCH3 is 1. The Morgan fingerprint density at radius 3 is 2.66 bits per heavy atom. The van der Waals surface area contributed by atoms with Crippen molar-refractivity contribution in [2.45, 2.75) is 50.6 Å². The number of piperidine rings is 1. The van der Waals surface area contributed by atoms with Gasteiger partial charge in [-0.05, 0) is 86.7 Å². The van der Waals surface area contributed by atoms with Crippen molar-refractivity contribution in [1.82, 2.24) is 10.2 Å². The van der Waals surface area contributed by atoms with Gasteiger partial charge in [0.05, 0.1) is 13.7 Å². The molecule has 0 aromatic heterocycles. The molecule has 2 atom stereocenters. The molecule has 4 heteroatoms. The fraction of sp³-hybridized carbons (Fsp3) is 0.520. The van der Waals surface area contributed by atoms with Crippen LogP contribution in [0.3, 0.4) is 0 Å². The van der Waals surface area contributed by atoms with Crippen LogP contribution in [0.4, 0.5) is 0 Å². The molecular formula is C25H34N2O2. The SMILES string of the molecule is COc1ccc2c(c1)CCN(C)C2Cc1ccc(OCCC2CCCCN2)cc1. The first kappa shape index (κ1) is 20.2. The van der Waals surface area contributed by atoms with E-state index in [0.717, 1.165) is 50.5 Å². The number of benzene rings is 2. The summed E-state index contributed by atoms with van der Waals surface area (Å²) in [5.41, 5.74) is 4.20. The Morgan fingerprint density at radius 2 is 1.90 bits per heavy atom. The molecule has 2 heterocycles. The third-order valence-electron chi connectivity index (χ3n) is 6.47. The first-order chi connectivity index (χ1) is 14.2. The zero-order chi connectivity index (χ0) is 20.1. The first-order valence-corrected chi connectivity index (χ1v) is 11.0. The van der Waals surface area contributed by atoms with Gasteiger partial charge in [-0.2, -0.15) is 0 Å². The summed E-state index contributed by atoms with van der Waals surface area (Å²) in [5, 5.41) is 3.59. The average molecular weight is 395 g/mol. The lowest BCUT2D eigenvalue weighted by Gasteiger charge is -2.35. The van der Waals surface area contributed by atoms with Crippen molar-refractivity contribution < 1.29 is 9.47 Å². The molecule has 2 unspecified atom stereocenters. The van der Waals surface area contributed by atoms with Crippen LogP contribution in [0.1, 0.15) is 48.4 Å². The van der Waals surface area contributed by atoms with Crippen molar-refractivity contribution in [2.75, 3.05) is 33.9 Å². The fourth-order valence-electron chi connectivity index (χ4n) is 4.64. The molecule has 0 bridgehead atoms. The Bertz CT molecular complexity index is 784. The fourth-order valence-corrected chi connectivity index (χ4v) is 4.64. The van der Waals surface area contributed by atoms with E-state index in [1.165, 1.54) is 36.0 Å². The highest BCUT2D eigenvalue weighted by Crippen LogP contribution is 2.33. The second kappa shape index (κ2) is 9.64. The largest absolute Gasteiger partial charge is 0.497 e. The number of fused-ring (bicyclic) bond motifs is 1. The van der Waals surface area contributed by atoms with Crippen LogP contribution in [0.2, 0.25) is 0 Å². The van der Waals surface area contributed by atoms with Crippen LogP contribution in [-0.4, -0.2) is 44.8 Å². The normalized spacial score (nSPS) is 22.1. The standard InChI is InChI=1S/C25H34N2O2/c1-27-15-12-20-18-23(28-2)10-11-24(20)25(27)17-19-6-8-22(9-7-19)29-16-13-21-5-3-4-14-26-21/h6-11,18,21,25-26H,3-5,12-17H2,1-2H3. The Balaban J connectivity index is 1.35. The minimum atomic E-state index is 0.411. The summed E-state index contributed by atoms with van der Waals surface area (Å²) in [4.78, 5) is 2.47. The number of ether oxygens (including phenoxy) is 2. The predicted octanol–water partition coefficient (Wildman–Crippen LogP) is 4.38. The maximum Gasteiger partial charge on any atom is 0.119 e. The molecule has 2 aromatic rings. The van der Waals surface area contributed by atoms with Gasteiger partial charge < -0.3 is 14.8 Å². The monoisotopic (exact) mass is 394 g/mol. The van der Waals surface area contributed by atoms with E-state index in [9.17, 15) is 0 Å². The summed E-state index contributed by atoms with van der Waals surface area (Å²) in [7, 11) is 3.97. The molecule has 1 saturated heterocycles. The lowest BCUT2D eigenvalue weighted by Crippen LogP contribution is -2.35. The zero-order valence-corrected chi connectivity index (χ0v) is 17.8. The van der Waals surface area contributed by atoms with Gasteiger partial charge in [0.15, 0.2) is 0 Å². The van der Waals surface area contributed by atoms with Gasteiger partial charge >= 0.3 is 0 Å². The van der Waals surface area contributed by atoms with Crippen molar-refractivity contribution in [2.24, 2.45) is 0 Å². The van der Waals surface area contributed by atoms with Crippen LogP contribution < -0.4 is 14.8 Å². The van der Waals surface area contributed by atoms with Crippen LogP contribution in [0.15, 0.2) is 42.5 Å². The number of nitrogens with one attached hydrogen (secondary N) is 1. The second-order valence-electron chi connectivity index (χ2n) is 8.44. The van der Waals surface area contributed by atoms with E-state index in [-0.39, 0.29) is 0 Å². The first-order valence-electron chi connectivity index (χ1n) is 11.0. The molecule has 1 fully saturated rings. The summed E-state index contributed by atoms with van der Waals surface area (Å²) in [6.07, 6.45) is 7.13. The third kappa shape index (κ3) is 5.12. The lowest BCUT2D eigenvalue weighted by molar-refractivity contribution is 0.229. The van der Waals surface area contributed by atoms with Gasteiger partial charge in [0.25, 0.3) is 0 Å². The molecule has 0 saturated carbocycles. The number of nitrogens with zero attached hydrogens (tertiary/aromatic N) is 1. The summed E-state index contributed by atoms with van der Waals surface area (Å²) >= 11 is 0. The van der Waals surface area contributed by atoms with Crippen molar-refractivity contribution in [3.8, 4) is 11.5 Å². The minimum Gasteiger partial charge on any atom is -0.497 e. The van der Waals surface area contributed by atoms with E-state index in [4.69, 9.17) is 9.47 Å². The van der Waals surface area contributed by atoms with Crippen LogP contribution >= 0.6 is 0 Å². The van der Waals surface area contributed by atoms with Gasteiger partial charge in [-0.15, -0.1) is 0 Å². The summed E-state index contributed by atoms with van der Waals surface area (Å²) in [6, 6.07) is 16.3. The van der Waals surface area contributed by atoms with Crippen LogP contribution in [0.5, 0.6) is 11.5 Å². The van der Waals surface area contributed by atoms with Gasteiger partial charge in [0.2, 0.25) is 0 Å². The zero-order valence-electron chi connectivity index (χ0n) is 17.8. The van der Waals surface area contributed by atoms with E-state index in [1.807, 2.05) is 0 Å². The van der Waals surface area contributed by atoms with Crippen LogP contribution in [0, 0.1) is 0 Å². The summed E-state index contributed by atoms with van der Waals surface area (Å²) < 4.78 is 11.4. The highest BCUT2D eigenvalue weighted by Gasteiger charge is 2.25. The van der Waals surface area contributed by atoms with E-state index in [1.54, 1.807) is 7.11 Å². The molecule has 156 valence electrons. The van der Waals surface area contributed by atoms with Gasteiger partial charge in [-0.3, -0.25) is 4.90 Å². The summed E-state index contributed by atoms with van der Waals surface area (Å²) in [5.74, 6) is 1.93. The van der Waals surface area contributed by atoms with Crippen LogP contribution in [-0.2, 0) is 12.8 Å². The molecule has 4 rings (SSSR count). The minimum absolute atomic E-state index is 0.411. The van der Waals surface area contributed by atoms with E-state index in [0.29, 0.717) is 12.1 Å². The Hall–Kier alpha value is -2.04. The van der Waals surface area contributed by atoms with Gasteiger partial charge in [0, 0.05) is 18.6 Å². The maximum absolute atomic E-state index is 5.99. The van der Waals surface area contributed by atoms with Gasteiger partial charge in [0.1, 0.15) is 11.5 Å². The van der Waals surface area contributed by atoms with Crippen molar-refractivity contribution >= 4 is 0 Å². The summed E-state index contributed by atoms with van der Waals surface area (Å²) in [6.45, 7) is 3.03. The van der Waals surface area contributed by atoms with Gasteiger partial charge in [-0.25, -0.2) is 0 Å². The van der Waals surface area contributed by atoms with Crippen LogP contribution in [0.25, 0.3) is 0 Å². The highest BCUT2D eigenvalue weighted by atomic mass is 16.5. The molecule has 2 aliphatic rings. The molecule has 1 N–H and O–H groups in total. The molecular weight excluding hydrogens is 360 g/mol. The Morgan fingerprint density at radius 1 is 1.07 bits per heavy atom. The van der Waals surface area contributed by atoms with E-state index < -0.39 is 0 Å². The molecule has 0 radical (unpaired) electrons. The lowest BCUT2D eigenvalue weighted by atomic mass is 9.89. The Labute approximate surface area is 175 Å². The maximum atomic E-state index is 5.99. The van der Waals surface area contributed by atoms with Crippen molar-refractivity contribution in [3.63, 3.8) is 0 Å². The quantitative estimate of drug-likeness (QED) is 0.756. The molecule has 0 spiro atoms. The average Bonchev–Trinajstić information content (AvgIpc) is 2.77. The smallest absolute Gasteiger partial charge is 0.119 e. The Kier molecular flexibility index (Phi) is 6.73. The van der Waals surface area contributed by atoms with Crippen molar-refractivity contribution in [1.29, 1.82) is 0 Å². The number of hydrogen-bond donors (Lipinski definition) is 1. The highest BCUT2D eigenvalue weighted by molar-refractivity contribution is 5.40. The molecule has 2 aromatic carbocycles. The molecule has 4 nitrogen and oxygen atoms in total. The molecule has 0 amide bonds. The second-order valence-corrected chi connectivity index (χ2v) is 8.44. The third-order valence-corrected chi connectivity index (χ3v) is 6.47. The topological polar surface area (TPSA) is 33.7 Å².